The zero-order valence-electron chi connectivity index (χ0n) is 6.85. The topological polar surface area (TPSA) is 23.8 Å². The Morgan fingerprint density at radius 3 is 2.69 bits per heavy atom. The number of rotatable bonds is 1. The van der Waals surface area contributed by atoms with Gasteiger partial charge in [-0.25, -0.2) is 0 Å². The van der Waals surface area contributed by atoms with Crippen LogP contribution in [0.15, 0.2) is 18.2 Å². The fourth-order valence-electron chi connectivity index (χ4n) is 1.44. The molecule has 0 amide bonds. The van der Waals surface area contributed by atoms with Gasteiger partial charge in [0.15, 0.2) is 0 Å². The van der Waals surface area contributed by atoms with Gasteiger partial charge in [0, 0.05) is 3.57 Å². The molecule has 66 valence electrons. The van der Waals surface area contributed by atoms with Gasteiger partial charge in [0.05, 0.1) is 16.5 Å². The van der Waals surface area contributed by atoms with Crippen LogP contribution in [0.3, 0.4) is 0 Å². The van der Waals surface area contributed by atoms with Gasteiger partial charge in [-0.05, 0) is 47.1 Å². The average Bonchev–Trinajstić information content (AvgIpc) is 2.90. The van der Waals surface area contributed by atoms with Gasteiger partial charge in [0.2, 0.25) is 0 Å². The predicted molar refractivity (Wildman–Crippen MR) is 60.7 cm³/mol. The van der Waals surface area contributed by atoms with Gasteiger partial charge < -0.3 is 0 Å². The van der Waals surface area contributed by atoms with Crippen LogP contribution in [-0.4, -0.2) is 0 Å². The van der Waals surface area contributed by atoms with Crippen molar-refractivity contribution in [3.63, 3.8) is 0 Å². The van der Waals surface area contributed by atoms with Crippen LogP contribution in [0.4, 0.5) is 0 Å². The van der Waals surface area contributed by atoms with Crippen LogP contribution in [0.2, 0.25) is 5.02 Å². The Morgan fingerprint density at radius 2 is 2.15 bits per heavy atom. The van der Waals surface area contributed by atoms with Gasteiger partial charge in [0.1, 0.15) is 0 Å². The van der Waals surface area contributed by atoms with Crippen LogP contribution in [0, 0.1) is 14.9 Å². The predicted octanol–water partition coefficient (Wildman–Crippen LogP) is 3.50. The summed E-state index contributed by atoms with van der Waals surface area (Å²) in [7, 11) is 0. The van der Waals surface area contributed by atoms with E-state index in [2.05, 4.69) is 28.7 Å². The lowest BCUT2D eigenvalue weighted by Crippen LogP contribution is -2.05. The molecule has 0 spiro atoms. The van der Waals surface area contributed by atoms with Crippen molar-refractivity contribution in [3.8, 4) is 6.07 Å². The Balaban J connectivity index is 2.54. The van der Waals surface area contributed by atoms with E-state index in [0.717, 1.165) is 27.0 Å². The Labute approximate surface area is 95.8 Å². The molecule has 1 aromatic rings. The molecule has 1 aromatic carbocycles. The molecule has 1 aliphatic carbocycles. The van der Waals surface area contributed by atoms with E-state index < -0.39 is 0 Å². The van der Waals surface area contributed by atoms with E-state index in [1.807, 2.05) is 18.2 Å². The molecule has 0 aliphatic heterocycles. The molecule has 0 atom stereocenters. The second kappa shape index (κ2) is 3.14. The van der Waals surface area contributed by atoms with E-state index >= 15 is 0 Å². The summed E-state index contributed by atoms with van der Waals surface area (Å²) in [5.74, 6) is 0. The third kappa shape index (κ3) is 1.44. The average molecular weight is 304 g/mol. The number of hydrogen-bond acceptors (Lipinski definition) is 1. The van der Waals surface area contributed by atoms with Gasteiger partial charge in [-0.1, -0.05) is 23.7 Å². The van der Waals surface area contributed by atoms with Crippen molar-refractivity contribution < 1.29 is 0 Å². The molecule has 1 fully saturated rings. The monoisotopic (exact) mass is 303 g/mol. The van der Waals surface area contributed by atoms with E-state index in [0.29, 0.717) is 0 Å². The highest BCUT2D eigenvalue weighted by molar-refractivity contribution is 14.1. The van der Waals surface area contributed by atoms with Crippen LogP contribution in [0.1, 0.15) is 18.4 Å². The molecule has 0 saturated heterocycles. The van der Waals surface area contributed by atoms with E-state index in [-0.39, 0.29) is 5.41 Å². The van der Waals surface area contributed by atoms with E-state index in [1.165, 1.54) is 0 Å². The van der Waals surface area contributed by atoms with Gasteiger partial charge >= 0.3 is 0 Å². The molecule has 0 heterocycles. The highest BCUT2D eigenvalue weighted by Gasteiger charge is 2.46. The van der Waals surface area contributed by atoms with Crippen molar-refractivity contribution in [2.45, 2.75) is 18.3 Å². The molecule has 13 heavy (non-hydrogen) atoms. The number of hydrogen-bond donors (Lipinski definition) is 0. The number of nitrogens with zero attached hydrogens (tertiary/aromatic N) is 1. The number of benzene rings is 1. The maximum atomic E-state index is 9.03. The molecule has 0 radical (unpaired) electrons. The van der Waals surface area contributed by atoms with Crippen LogP contribution in [0.25, 0.3) is 0 Å². The molecular formula is C10H7ClIN. The summed E-state index contributed by atoms with van der Waals surface area (Å²) >= 11 is 8.20. The molecule has 1 saturated carbocycles. The van der Waals surface area contributed by atoms with Crippen molar-refractivity contribution in [1.29, 1.82) is 5.26 Å². The van der Waals surface area contributed by atoms with Crippen LogP contribution < -0.4 is 0 Å². The molecule has 0 unspecified atom stereocenters. The molecule has 3 heteroatoms. The third-order valence-corrected chi connectivity index (χ3v) is 4.23. The second-order valence-corrected chi connectivity index (χ2v) is 4.78. The lowest BCUT2D eigenvalue weighted by atomic mass is 9.98. The summed E-state index contributed by atoms with van der Waals surface area (Å²) < 4.78 is 1.03. The van der Waals surface area contributed by atoms with Gasteiger partial charge in [-0.2, -0.15) is 5.26 Å². The second-order valence-electron chi connectivity index (χ2n) is 3.30. The van der Waals surface area contributed by atoms with Crippen molar-refractivity contribution in [2.24, 2.45) is 0 Å². The zero-order chi connectivity index (χ0) is 9.47. The van der Waals surface area contributed by atoms with Crippen molar-refractivity contribution in [3.05, 3.63) is 32.4 Å². The summed E-state index contributed by atoms with van der Waals surface area (Å²) in [4.78, 5) is 0. The zero-order valence-corrected chi connectivity index (χ0v) is 9.76. The molecular weight excluding hydrogens is 296 g/mol. The Hall–Kier alpha value is -0.270. The summed E-state index contributed by atoms with van der Waals surface area (Å²) in [5.41, 5.74) is 0.879. The van der Waals surface area contributed by atoms with E-state index in [4.69, 9.17) is 16.9 Å². The van der Waals surface area contributed by atoms with Gasteiger partial charge in [0.25, 0.3) is 0 Å². The summed E-state index contributed by atoms with van der Waals surface area (Å²) in [5, 5.41) is 9.78. The van der Waals surface area contributed by atoms with Crippen LogP contribution in [0.5, 0.6) is 0 Å². The first-order valence-electron chi connectivity index (χ1n) is 4.05. The Kier molecular flexibility index (Phi) is 2.25. The highest BCUT2D eigenvalue weighted by atomic mass is 127. The third-order valence-electron chi connectivity index (χ3n) is 2.43. The van der Waals surface area contributed by atoms with E-state index in [9.17, 15) is 0 Å². The largest absolute Gasteiger partial charge is 0.197 e. The number of nitriles is 1. The van der Waals surface area contributed by atoms with Crippen molar-refractivity contribution in [2.75, 3.05) is 0 Å². The smallest absolute Gasteiger partial charge is 0.0834 e. The first kappa shape index (κ1) is 9.29. The highest BCUT2D eigenvalue weighted by Crippen LogP contribution is 2.49. The molecule has 0 N–H and O–H groups in total. The normalized spacial score (nSPS) is 17.9. The lowest BCUT2D eigenvalue weighted by molar-refractivity contribution is 0.901. The summed E-state index contributed by atoms with van der Waals surface area (Å²) in [6.45, 7) is 0. The molecule has 1 nitrogen and oxygen atoms in total. The fraction of sp³-hybridized carbons (Fsp3) is 0.300. The number of halogens is 2. The maximum absolute atomic E-state index is 9.03. The Morgan fingerprint density at radius 1 is 1.46 bits per heavy atom. The summed E-state index contributed by atoms with van der Waals surface area (Å²) in [6, 6.07) is 8.15. The molecule has 0 bridgehead atoms. The maximum Gasteiger partial charge on any atom is 0.0834 e. The molecule has 2 rings (SSSR count). The minimum atomic E-state index is -0.221. The van der Waals surface area contributed by atoms with Gasteiger partial charge in [-0.15, -0.1) is 0 Å². The fourth-order valence-corrected chi connectivity index (χ4v) is 2.49. The van der Waals surface area contributed by atoms with Crippen molar-refractivity contribution >= 4 is 34.2 Å². The molecule has 0 aromatic heterocycles. The van der Waals surface area contributed by atoms with Crippen molar-refractivity contribution in [1.82, 2.24) is 0 Å². The lowest BCUT2D eigenvalue weighted by Gasteiger charge is -2.09. The standard InChI is InChI=1S/C10H7ClIN/c11-8-3-1-2-7(9(8)12)10(6-13)4-5-10/h1-3H,4-5H2. The van der Waals surface area contributed by atoms with Crippen LogP contribution in [-0.2, 0) is 5.41 Å². The first-order valence-corrected chi connectivity index (χ1v) is 5.51. The minimum Gasteiger partial charge on any atom is -0.197 e. The minimum absolute atomic E-state index is 0.221. The summed E-state index contributed by atoms with van der Waals surface area (Å²) in [6.07, 6.45) is 1.94. The van der Waals surface area contributed by atoms with Crippen LogP contribution >= 0.6 is 34.2 Å². The quantitative estimate of drug-likeness (QED) is 0.729. The molecule has 1 aliphatic rings. The Bertz CT molecular complexity index is 390. The SMILES string of the molecule is N#CC1(c2cccc(Cl)c2I)CC1. The van der Waals surface area contributed by atoms with Gasteiger partial charge in [-0.3, -0.25) is 0 Å². The first-order chi connectivity index (χ1) is 6.19. The van der Waals surface area contributed by atoms with E-state index in [1.54, 1.807) is 0 Å².